The van der Waals surface area contributed by atoms with Gasteiger partial charge in [0.25, 0.3) is 0 Å². The summed E-state index contributed by atoms with van der Waals surface area (Å²) in [4.78, 5) is 37.8. The van der Waals surface area contributed by atoms with Crippen LogP contribution < -0.4 is 10.6 Å². The summed E-state index contributed by atoms with van der Waals surface area (Å²) in [6.45, 7) is 2.11. The Morgan fingerprint density at radius 1 is 0.902 bits per heavy atom. The van der Waals surface area contributed by atoms with Crippen LogP contribution in [0, 0.1) is 5.92 Å². The average Bonchev–Trinajstić information content (AvgIpc) is 3.31. The van der Waals surface area contributed by atoms with Gasteiger partial charge < -0.3 is 25.2 Å². The quantitative estimate of drug-likeness (QED) is 0.314. The van der Waals surface area contributed by atoms with Crippen LogP contribution in [0.1, 0.15) is 55.2 Å². The molecule has 2 unspecified atom stereocenters. The molecule has 41 heavy (non-hydrogen) atoms. The Balaban J connectivity index is 1.12. The first-order valence-corrected chi connectivity index (χ1v) is 14.2. The van der Waals surface area contributed by atoms with E-state index in [4.69, 9.17) is 9.47 Å². The third-order valence-electron chi connectivity index (χ3n) is 8.10. The molecule has 0 radical (unpaired) electrons. The van der Waals surface area contributed by atoms with Gasteiger partial charge in [0.2, 0.25) is 5.91 Å². The van der Waals surface area contributed by atoms with Crippen LogP contribution in [0.5, 0.6) is 0 Å². The minimum atomic E-state index is -1.18. The molecule has 1 fully saturated rings. The smallest absolute Gasteiger partial charge is 0.407 e. The maximum Gasteiger partial charge on any atom is 0.407 e. The largest absolute Gasteiger partial charge is 0.480 e. The van der Waals surface area contributed by atoms with Crippen molar-refractivity contribution in [1.29, 1.82) is 0 Å². The molecule has 4 atom stereocenters. The molecule has 2 aliphatic carbocycles. The fourth-order valence-electron chi connectivity index (χ4n) is 5.91. The van der Waals surface area contributed by atoms with Crippen LogP contribution in [0.4, 0.5) is 4.79 Å². The van der Waals surface area contributed by atoms with E-state index >= 15 is 0 Å². The van der Waals surface area contributed by atoms with Gasteiger partial charge in [-0.05, 0) is 54.0 Å². The number of ether oxygens (including phenoxy) is 2. The van der Waals surface area contributed by atoms with Crippen molar-refractivity contribution in [3.05, 3.63) is 95.6 Å². The van der Waals surface area contributed by atoms with E-state index in [1.165, 1.54) is 0 Å². The third kappa shape index (κ3) is 6.77. The lowest BCUT2D eigenvalue weighted by Crippen LogP contribution is -2.51. The number of hydrogen-bond donors (Lipinski definition) is 3. The molecule has 3 aromatic carbocycles. The summed E-state index contributed by atoms with van der Waals surface area (Å²) in [6.07, 6.45) is 1.28. The summed E-state index contributed by atoms with van der Waals surface area (Å²) >= 11 is 0. The van der Waals surface area contributed by atoms with E-state index in [0.717, 1.165) is 40.7 Å². The zero-order chi connectivity index (χ0) is 28.8. The molecular formula is C33H36N2O6. The first-order valence-electron chi connectivity index (χ1n) is 14.2. The fraction of sp³-hybridized carbons (Fsp3) is 0.364. The predicted molar refractivity (Wildman–Crippen MR) is 154 cm³/mol. The zero-order valence-electron chi connectivity index (χ0n) is 23.1. The Morgan fingerprint density at radius 3 is 2.20 bits per heavy atom. The fourth-order valence-corrected chi connectivity index (χ4v) is 5.91. The number of carbonyl (C=O) groups excluding carboxylic acids is 2. The van der Waals surface area contributed by atoms with Crippen molar-refractivity contribution in [2.24, 2.45) is 5.92 Å². The van der Waals surface area contributed by atoms with Crippen LogP contribution in [0.2, 0.25) is 0 Å². The Morgan fingerprint density at radius 2 is 1.54 bits per heavy atom. The number of hydrogen-bond acceptors (Lipinski definition) is 5. The van der Waals surface area contributed by atoms with Gasteiger partial charge in [0.05, 0.1) is 12.7 Å². The summed E-state index contributed by atoms with van der Waals surface area (Å²) in [5.74, 6) is -1.93. The number of aliphatic carboxylic acids is 1. The number of carboxylic acid groups (broad SMARTS) is 1. The molecule has 8 nitrogen and oxygen atoms in total. The second-order valence-electron chi connectivity index (χ2n) is 10.9. The molecule has 3 aromatic rings. The molecule has 0 heterocycles. The summed E-state index contributed by atoms with van der Waals surface area (Å²) in [5, 5.41) is 15.4. The summed E-state index contributed by atoms with van der Waals surface area (Å²) in [5.41, 5.74) is 5.54. The van der Waals surface area contributed by atoms with Crippen LogP contribution >= 0.6 is 0 Å². The van der Waals surface area contributed by atoms with Gasteiger partial charge in [-0.2, -0.15) is 0 Å². The molecule has 1 saturated carbocycles. The first-order chi connectivity index (χ1) is 19.9. The molecule has 214 valence electrons. The van der Waals surface area contributed by atoms with Crippen LogP contribution in [0.15, 0.2) is 78.9 Å². The van der Waals surface area contributed by atoms with E-state index in [-0.39, 0.29) is 31.1 Å². The van der Waals surface area contributed by atoms with E-state index in [0.29, 0.717) is 12.8 Å². The van der Waals surface area contributed by atoms with Crippen molar-refractivity contribution >= 4 is 18.0 Å². The summed E-state index contributed by atoms with van der Waals surface area (Å²) in [6, 6.07) is 24.4. The van der Waals surface area contributed by atoms with Gasteiger partial charge in [0.1, 0.15) is 6.61 Å². The lowest BCUT2D eigenvalue weighted by atomic mass is 9.85. The molecule has 0 spiro atoms. The number of rotatable bonds is 10. The Labute approximate surface area is 240 Å². The van der Waals surface area contributed by atoms with Crippen molar-refractivity contribution in [3.8, 4) is 11.1 Å². The standard InChI is InChI=1S/C33H36N2O6/c1-21(40-19-22-10-3-2-4-11-22)30(32(37)38)35-31(36)23-12-9-13-24(18-23)34-33(39)41-20-29-27-16-7-5-14-25(27)26-15-6-8-17-28(26)29/h2-8,10-11,14-17,21,23-24,29-30H,9,12-13,18-20H2,1H3,(H,34,39)(H,35,36)(H,37,38)/t21-,23?,24?,30+/m0/s1. The van der Waals surface area contributed by atoms with Gasteiger partial charge >= 0.3 is 12.1 Å². The number of carboxylic acids is 1. The lowest BCUT2D eigenvalue weighted by Gasteiger charge is -2.30. The molecule has 0 aromatic heterocycles. The van der Waals surface area contributed by atoms with Gasteiger partial charge in [0, 0.05) is 17.9 Å². The Kier molecular flexibility index (Phi) is 8.99. The van der Waals surface area contributed by atoms with Gasteiger partial charge in [-0.1, -0.05) is 85.3 Å². The predicted octanol–water partition coefficient (Wildman–Crippen LogP) is 5.26. The minimum Gasteiger partial charge on any atom is -0.480 e. The van der Waals surface area contributed by atoms with Crippen LogP contribution in [-0.2, 0) is 25.7 Å². The number of nitrogens with one attached hydrogen (secondary N) is 2. The minimum absolute atomic E-state index is 0.0305. The maximum atomic E-state index is 13.1. The van der Waals surface area contributed by atoms with Crippen LogP contribution in [0.3, 0.4) is 0 Å². The number of carbonyl (C=O) groups is 3. The van der Waals surface area contributed by atoms with E-state index < -0.39 is 30.1 Å². The molecule has 2 aliphatic rings. The number of alkyl carbamates (subject to hydrolysis) is 1. The van der Waals surface area contributed by atoms with Crippen molar-refractivity contribution in [2.45, 2.75) is 63.3 Å². The normalized spacial score (nSPS) is 19.3. The maximum absolute atomic E-state index is 13.1. The molecule has 0 saturated heterocycles. The van der Waals surface area contributed by atoms with Crippen molar-refractivity contribution in [1.82, 2.24) is 10.6 Å². The average molecular weight is 557 g/mol. The summed E-state index contributed by atoms with van der Waals surface area (Å²) < 4.78 is 11.4. The number of amides is 2. The number of benzene rings is 3. The Bertz CT molecular complexity index is 1330. The first kappa shape index (κ1) is 28.4. The summed E-state index contributed by atoms with van der Waals surface area (Å²) in [7, 11) is 0. The molecule has 3 N–H and O–H groups in total. The van der Waals surface area contributed by atoms with Crippen LogP contribution in [0.25, 0.3) is 11.1 Å². The van der Waals surface area contributed by atoms with E-state index in [2.05, 4.69) is 34.9 Å². The second kappa shape index (κ2) is 13.0. The van der Waals surface area contributed by atoms with E-state index in [1.54, 1.807) is 6.92 Å². The Hall–Kier alpha value is -4.17. The lowest BCUT2D eigenvalue weighted by molar-refractivity contribution is -0.147. The van der Waals surface area contributed by atoms with Gasteiger partial charge in [0.15, 0.2) is 6.04 Å². The highest BCUT2D eigenvalue weighted by atomic mass is 16.5. The highest BCUT2D eigenvalue weighted by molar-refractivity contribution is 5.85. The number of fused-ring (bicyclic) bond motifs is 3. The molecule has 0 aliphatic heterocycles. The van der Waals surface area contributed by atoms with Crippen molar-refractivity contribution < 1.29 is 29.0 Å². The van der Waals surface area contributed by atoms with E-state index in [1.807, 2.05) is 54.6 Å². The topological polar surface area (TPSA) is 114 Å². The molecule has 2 amide bonds. The second-order valence-corrected chi connectivity index (χ2v) is 10.9. The van der Waals surface area contributed by atoms with Gasteiger partial charge in [-0.3, -0.25) is 4.79 Å². The molecular weight excluding hydrogens is 520 g/mol. The zero-order valence-corrected chi connectivity index (χ0v) is 23.1. The molecule has 5 rings (SSSR count). The van der Waals surface area contributed by atoms with Crippen molar-refractivity contribution in [2.75, 3.05) is 6.61 Å². The van der Waals surface area contributed by atoms with Gasteiger partial charge in [-0.15, -0.1) is 0 Å². The highest BCUT2D eigenvalue weighted by Crippen LogP contribution is 2.44. The molecule has 0 bridgehead atoms. The highest BCUT2D eigenvalue weighted by Gasteiger charge is 2.34. The monoisotopic (exact) mass is 556 g/mol. The van der Waals surface area contributed by atoms with E-state index in [9.17, 15) is 19.5 Å². The third-order valence-corrected chi connectivity index (χ3v) is 8.10. The SMILES string of the molecule is C[C@H](OCc1ccccc1)[C@@H](NC(=O)C1CCCC(NC(=O)OCC2c3ccccc3-c3ccccc32)C1)C(=O)O. The van der Waals surface area contributed by atoms with Crippen molar-refractivity contribution in [3.63, 3.8) is 0 Å². The van der Waals surface area contributed by atoms with Gasteiger partial charge in [-0.25, -0.2) is 9.59 Å². The molecule has 8 heteroatoms. The van der Waals surface area contributed by atoms with Crippen LogP contribution in [-0.4, -0.2) is 47.9 Å².